The minimum absolute atomic E-state index is 0.0328. The summed E-state index contributed by atoms with van der Waals surface area (Å²) >= 11 is 0. The van der Waals surface area contributed by atoms with Crippen LogP contribution in [0.2, 0.25) is 0 Å². The number of hydrogen-bond donors (Lipinski definition) is 0. The maximum absolute atomic E-state index is 7.21. The highest BCUT2D eigenvalue weighted by atomic mass is 16.3. The number of furan rings is 3. The largest absolute Gasteiger partial charge is 0.456 e. The molecule has 12 aromatic carbocycles. The van der Waals surface area contributed by atoms with Crippen LogP contribution in [0, 0.1) is 0 Å². The van der Waals surface area contributed by atoms with Crippen molar-refractivity contribution in [2.75, 3.05) is 4.90 Å². The van der Waals surface area contributed by atoms with Crippen molar-refractivity contribution >= 4 is 82.9 Å². The van der Waals surface area contributed by atoms with E-state index in [2.05, 4.69) is 301 Å². The van der Waals surface area contributed by atoms with Gasteiger partial charge in [-0.25, -0.2) is 0 Å². The van der Waals surface area contributed by atoms with E-state index >= 15 is 0 Å². The molecule has 3 heterocycles. The van der Waals surface area contributed by atoms with Crippen molar-refractivity contribution in [1.82, 2.24) is 0 Å². The van der Waals surface area contributed by atoms with Gasteiger partial charge in [-0.2, -0.15) is 0 Å². The molecule has 4 nitrogen and oxygen atoms in total. The molecule has 0 fully saturated rings. The summed E-state index contributed by atoms with van der Waals surface area (Å²) in [5.41, 5.74) is 37.3. The molecule has 0 atom stereocenters. The number of nitrogens with zero attached hydrogens (tertiary/aromatic N) is 1. The summed E-state index contributed by atoms with van der Waals surface area (Å²) in [6.45, 7) is 31.2. The Morgan fingerprint density at radius 2 is 0.726 bits per heavy atom. The standard InChI is InChI=1S/C91H73NO3/c1-86(2,3)49-32-30-48(31-33-49)60-45-70-75(79-58-24-16-20-28-72(58)94-84(60)79)55-38-35-51(43-66(55)89(70,8)9)92(50-34-37-53-61-46-69-62(47-68(61)88(6,7)65(53)42-50)76-64(87(69,4)5)40-41-74-77(76)57-23-15-19-27-71(57)93-74)52-36-39-56-67(44-52)91(12,13)83-81(56)85-80(59-25-17-21-29-73(59)95-85)78-54-22-14-18-26-63(54)90(10,11)82(78)83/h14-47H,1-13H3. The highest BCUT2D eigenvalue weighted by molar-refractivity contribution is 6.22. The summed E-state index contributed by atoms with van der Waals surface area (Å²) in [6.07, 6.45) is 0. The van der Waals surface area contributed by atoms with Gasteiger partial charge in [-0.1, -0.05) is 217 Å². The smallest absolute Gasteiger partial charge is 0.144 e. The van der Waals surface area contributed by atoms with Crippen LogP contribution in [0.4, 0.5) is 17.1 Å². The van der Waals surface area contributed by atoms with Crippen LogP contribution < -0.4 is 4.90 Å². The topological polar surface area (TPSA) is 42.7 Å². The van der Waals surface area contributed by atoms with Gasteiger partial charge in [-0.3, -0.25) is 0 Å². The summed E-state index contributed by atoms with van der Waals surface area (Å²) in [5, 5.41) is 7.10. The summed E-state index contributed by atoms with van der Waals surface area (Å²) in [5.74, 6) is 0. The predicted molar refractivity (Wildman–Crippen MR) is 395 cm³/mol. The van der Waals surface area contributed by atoms with Gasteiger partial charge < -0.3 is 18.2 Å². The first-order valence-corrected chi connectivity index (χ1v) is 34.1. The van der Waals surface area contributed by atoms with Crippen LogP contribution in [0.1, 0.15) is 151 Å². The normalized spacial score (nSPS) is 16.5. The van der Waals surface area contributed by atoms with Crippen molar-refractivity contribution in [1.29, 1.82) is 0 Å². The van der Waals surface area contributed by atoms with Crippen LogP contribution in [0.15, 0.2) is 220 Å². The minimum atomic E-state index is -0.406. The Morgan fingerprint density at radius 1 is 0.284 bits per heavy atom. The van der Waals surface area contributed by atoms with Crippen molar-refractivity contribution in [3.05, 3.63) is 267 Å². The summed E-state index contributed by atoms with van der Waals surface area (Å²) < 4.78 is 20.8. The molecule has 15 aromatic rings. The molecule has 0 unspecified atom stereocenters. The average molecular weight is 1230 g/mol. The highest BCUT2D eigenvalue weighted by Gasteiger charge is 2.50. The van der Waals surface area contributed by atoms with Crippen LogP contribution in [0.25, 0.3) is 133 Å². The van der Waals surface area contributed by atoms with Gasteiger partial charge in [0.25, 0.3) is 0 Å². The molecule has 0 spiro atoms. The van der Waals surface area contributed by atoms with E-state index in [1.54, 1.807) is 0 Å². The number of hydrogen-bond acceptors (Lipinski definition) is 4. The monoisotopic (exact) mass is 1230 g/mol. The molecule has 0 saturated heterocycles. The zero-order valence-electron chi connectivity index (χ0n) is 56.3. The van der Waals surface area contributed by atoms with Crippen molar-refractivity contribution < 1.29 is 13.3 Å². The van der Waals surface area contributed by atoms with Crippen LogP contribution in [0.5, 0.6) is 0 Å². The second-order valence-corrected chi connectivity index (χ2v) is 31.9. The summed E-state index contributed by atoms with van der Waals surface area (Å²) in [6, 6.07) is 78.3. The van der Waals surface area contributed by atoms with Gasteiger partial charge in [0, 0.05) is 87.6 Å². The minimum Gasteiger partial charge on any atom is -0.456 e. The van der Waals surface area contributed by atoms with Crippen molar-refractivity contribution in [3.63, 3.8) is 0 Å². The van der Waals surface area contributed by atoms with Crippen LogP contribution in [-0.2, 0) is 32.5 Å². The van der Waals surface area contributed by atoms with E-state index in [0.29, 0.717) is 0 Å². The lowest BCUT2D eigenvalue weighted by Gasteiger charge is -2.32. The molecule has 4 heteroatoms. The third-order valence-corrected chi connectivity index (χ3v) is 23.9. The molecule has 0 bridgehead atoms. The zero-order valence-corrected chi connectivity index (χ0v) is 56.3. The first-order chi connectivity index (χ1) is 45.5. The first kappa shape index (κ1) is 55.3. The lowest BCUT2D eigenvalue weighted by molar-refractivity contribution is 0.590. The van der Waals surface area contributed by atoms with E-state index in [9.17, 15) is 0 Å². The molecule has 95 heavy (non-hydrogen) atoms. The van der Waals surface area contributed by atoms with E-state index in [-0.39, 0.29) is 27.1 Å². The maximum atomic E-state index is 7.21. The third-order valence-electron chi connectivity index (χ3n) is 23.9. The Morgan fingerprint density at radius 3 is 1.38 bits per heavy atom. The van der Waals surface area contributed by atoms with Crippen LogP contribution in [-0.4, -0.2) is 0 Å². The third kappa shape index (κ3) is 6.87. The number of benzene rings is 12. The number of fused-ring (bicyclic) bond motifs is 29. The van der Waals surface area contributed by atoms with Gasteiger partial charge in [-0.05, 0) is 201 Å². The van der Waals surface area contributed by atoms with Gasteiger partial charge in [0.2, 0.25) is 0 Å². The lowest BCUT2D eigenvalue weighted by Crippen LogP contribution is -2.24. The Bertz CT molecular complexity index is 6030. The van der Waals surface area contributed by atoms with Gasteiger partial charge in [-0.15, -0.1) is 0 Å². The quantitative estimate of drug-likeness (QED) is 0.176. The van der Waals surface area contributed by atoms with E-state index in [1.807, 2.05) is 0 Å². The second-order valence-electron chi connectivity index (χ2n) is 31.9. The van der Waals surface area contributed by atoms with Gasteiger partial charge in [0.05, 0.1) is 0 Å². The molecule has 0 N–H and O–H groups in total. The average Bonchev–Trinajstić information content (AvgIpc) is 1.52. The fourth-order valence-electron chi connectivity index (χ4n) is 19.1. The molecule has 5 aliphatic rings. The van der Waals surface area contributed by atoms with Crippen LogP contribution in [0.3, 0.4) is 0 Å². The molecule has 3 aromatic heterocycles. The van der Waals surface area contributed by atoms with Crippen molar-refractivity contribution in [2.24, 2.45) is 0 Å². The number of anilines is 3. The van der Waals surface area contributed by atoms with Gasteiger partial charge in [0.15, 0.2) is 0 Å². The SMILES string of the molecule is CC(C)(C)c1ccc(-c2cc3c(c4c2oc2ccccc24)-c2ccc(N(c4ccc5c(c4)C(C)(C)c4cc6c(cc4-5)C(C)(C)c4ccc5oc7ccccc7c5c4-6)c4ccc5c(c4)C(C)(C)c4c6c(c7c(oc8ccccc87)c4-5)-c4ccccc4C6(C)C)cc2C3(C)C)cc1. The first-order valence-electron chi connectivity index (χ1n) is 34.1. The fraction of sp³-hybridized carbons (Fsp3) is 0.209. The fourth-order valence-corrected chi connectivity index (χ4v) is 19.1. The van der Waals surface area contributed by atoms with Gasteiger partial charge >= 0.3 is 0 Å². The zero-order chi connectivity index (χ0) is 64.7. The Hall–Kier alpha value is -10.2. The molecule has 460 valence electrons. The summed E-state index contributed by atoms with van der Waals surface area (Å²) in [4.78, 5) is 2.57. The van der Waals surface area contributed by atoms with Crippen LogP contribution >= 0.6 is 0 Å². The number of para-hydroxylation sites is 3. The lowest BCUT2D eigenvalue weighted by atomic mass is 9.72. The highest BCUT2D eigenvalue weighted by Crippen LogP contribution is 2.65. The number of rotatable bonds is 4. The molecule has 0 amide bonds. The van der Waals surface area contributed by atoms with E-state index in [1.165, 1.54) is 144 Å². The van der Waals surface area contributed by atoms with E-state index in [4.69, 9.17) is 13.3 Å². The second kappa shape index (κ2) is 17.8. The van der Waals surface area contributed by atoms with Crippen molar-refractivity contribution in [3.8, 4) is 66.8 Å². The Balaban J connectivity index is 0.797. The van der Waals surface area contributed by atoms with Crippen molar-refractivity contribution in [2.45, 2.75) is 122 Å². The Labute approximate surface area is 554 Å². The molecule has 0 radical (unpaired) electrons. The predicted octanol–water partition coefficient (Wildman–Crippen LogP) is 25.4. The molecule has 0 saturated carbocycles. The maximum Gasteiger partial charge on any atom is 0.144 e. The molecular weight excluding hydrogens is 1160 g/mol. The van der Waals surface area contributed by atoms with Gasteiger partial charge in [0.1, 0.15) is 33.5 Å². The molecule has 20 rings (SSSR count). The Kier molecular flexibility index (Phi) is 10.4. The van der Waals surface area contributed by atoms with E-state index < -0.39 is 5.41 Å². The molecule has 5 aliphatic carbocycles. The molecule has 0 aliphatic heterocycles. The molecular formula is C91H73NO3. The summed E-state index contributed by atoms with van der Waals surface area (Å²) in [7, 11) is 0. The van der Waals surface area contributed by atoms with E-state index in [0.717, 1.165) is 67.1 Å².